The third-order valence-electron chi connectivity index (χ3n) is 3.88. The summed E-state index contributed by atoms with van der Waals surface area (Å²) in [4.78, 5) is 31.9. The number of likely N-dealkylation sites (N-methyl/N-ethyl adjacent to an activating group) is 1. The van der Waals surface area contributed by atoms with Crippen LogP contribution in [0.4, 0.5) is 5.13 Å². The van der Waals surface area contributed by atoms with E-state index in [1.54, 1.807) is 19.1 Å². The summed E-state index contributed by atoms with van der Waals surface area (Å²) in [6.07, 6.45) is 1.93. The average Bonchev–Trinajstić information content (AvgIpc) is 3.33. The molecule has 1 aliphatic rings. The standard InChI is InChI=1S/C14H18N6O4S/c1-19(4-3-10-15-8-24-18-10)13(22)9-5-12(21)20(6-9)14-17-16-11(25-14)7-23-2/h8-9H,3-7H2,1-2H3. The minimum absolute atomic E-state index is 0.0824. The van der Waals surface area contributed by atoms with E-state index in [-0.39, 0.29) is 18.2 Å². The molecule has 0 spiro atoms. The van der Waals surface area contributed by atoms with Gasteiger partial charge in [-0.1, -0.05) is 16.5 Å². The fourth-order valence-electron chi connectivity index (χ4n) is 2.59. The molecule has 0 aromatic carbocycles. The summed E-state index contributed by atoms with van der Waals surface area (Å²) in [5.74, 6) is -0.0492. The minimum atomic E-state index is -0.391. The minimum Gasteiger partial charge on any atom is -0.377 e. The highest BCUT2D eigenvalue weighted by Crippen LogP contribution is 2.28. The second kappa shape index (κ2) is 7.66. The molecule has 134 valence electrons. The molecule has 0 radical (unpaired) electrons. The van der Waals surface area contributed by atoms with Gasteiger partial charge in [-0.15, -0.1) is 10.2 Å². The third kappa shape index (κ3) is 3.99. The van der Waals surface area contributed by atoms with Gasteiger partial charge >= 0.3 is 0 Å². The number of carbonyl (C=O) groups excluding carboxylic acids is 2. The van der Waals surface area contributed by atoms with Gasteiger partial charge in [-0.25, -0.2) is 0 Å². The van der Waals surface area contributed by atoms with Gasteiger partial charge in [-0.2, -0.15) is 4.98 Å². The van der Waals surface area contributed by atoms with Crippen LogP contribution in [0, 0.1) is 5.92 Å². The maximum Gasteiger partial charge on any atom is 0.229 e. The summed E-state index contributed by atoms with van der Waals surface area (Å²) in [6, 6.07) is 0. The van der Waals surface area contributed by atoms with Crippen LogP contribution in [-0.2, 0) is 27.4 Å². The Labute approximate surface area is 147 Å². The summed E-state index contributed by atoms with van der Waals surface area (Å²) in [5, 5.41) is 12.9. The molecule has 0 saturated carbocycles. The molecule has 1 unspecified atom stereocenters. The smallest absolute Gasteiger partial charge is 0.229 e. The molecule has 11 heteroatoms. The third-order valence-corrected chi connectivity index (χ3v) is 4.80. The Kier molecular flexibility index (Phi) is 5.34. The molecule has 1 fully saturated rings. The zero-order valence-corrected chi connectivity index (χ0v) is 14.7. The van der Waals surface area contributed by atoms with Crippen molar-refractivity contribution in [3.8, 4) is 0 Å². The van der Waals surface area contributed by atoms with Crippen molar-refractivity contribution in [2.24, 2.45) is 5.92 Å². The van der Waals surface area contributed by atoms with Crippen molar-refractivity contribution < 1.29 is 18.8 Å². The quantitative estimate of drug-likeness (QED) is 0.679. The van der Waals surface area contributed by atoms with Crippen molar-refractivity contribution in [3.63, 3.8) is 0 Å². The van der Waals surface area contributed by atoms with Crippen LogP contribution in [0.15, 0.2) is 10.9 Å². The van der Waals surface area contributed by atoms with E-state index in [1.807, 2.05) is 0 Å². The van der Waals surface area contributed by atoms with E-state index < -0.39 is 5.92 Å². The molecule has 1 aliphatic heterocycles. The fourth-order valence-corrected chi connectivity index (χ4v) is 3.42. The van der Waals surface area contributed by atoms with Crippen LogP contribution in [0.1, 0.15) is 17.3 Å². The molecule has 2 amide bonds. The Bertz CT molecular complexity index is 734. The number of rotatable bonds is 7. The number of nitrogens with zero attached hydrogens (tertiary/aromatic N) is 6. The summed E-state index contributed by atoms with van der Waals surface area (Å²) in [7, 11) is 3.28. The first kappa shape index (κ1) is 17.4. The summed E-state index contributed by atoms with van der Waals surface area (Å²) in [5.41, 5.74) is 0. The molecule has 0 N–H and O–H groups in total. The zero-order chi connectivity index (χ0) is 17.8. The van der Waals surface area contributed by atoms with Gasteiger partial charge < -0.3 is 14.2 Å². The number of ether oxygens (including phenoxy) is 1. The molecular formula is C14H18N6O4S. The monoisotopic (exact) mass is 366 g/mol. The van der Waals surface area contributed by atoms with E-state index in [0.717, 1.165) is 0 Å². The molecule has 10 nitrogen and oxygen atoms in total. The number of carbonyl (C=O) groups is 2. The number of hydrogen-bond donors (Lipinski definition) is 0. The number of methoxy groups -OCH3 is 1. The van der Waals surface area contributed by atoms with E-state index in [1.165, 1.54) is 22.6 Å². The van der Waals surface area contributed by atoms with E-state index in [9.17, 15) is 9.59 Å². The molecule has 3 heterocycles. The molecule has 25 heavy (non-hydrogen) atoms. The summed E-state index contributed by atoms with van der Waals surface area (Å²) in [6.45, 7) is 1.12. The molecular weight excluding hydrogens is 348 g/mol. The van der Waals surface area contributed by atoms with Gasteiger partial charge in [-0.3, -0.25) is 14.5 Å². The van der Waals surface area contributed by atoms with Crippen LogP contribution in [0.2, 0.25) is 0 Å². The normalized spacial score (nSPS) is 17.3. The highest BCUT2D eigenvalue weighted by atomic mass is 32.1. The first-order valence-corrected chi connectivity index (χ1v) is 8.52. The maximum atomic E-state index is 12.6. The highest BCUT2D eigenvalue weighted by molar-refractivity contribution is 7.15. The van der Waals surface area contributed by atoms with Gasteiger partial charge in [0.2, 0.25) is 23.3 Å². The van der Waals surface area contributed by atoms with Crippen LogP contribution in [0.25, 0.3) is 0 Å². The van der Waals surface area contributed by atoms with Gasteiger partial charge in [0, 0.05) is 40.1 Å². The number of hydrogen-bond acceptors (Lipinski definition) is 9. The fraction of sp³-hybridized carbons (Fsp3) is 0.571. The van der Waals surface area contributed by atoms with Gasteiger partial charge in [0.15, 0.2) is 5.82 Å². The van der Waals surface area contributed by atoms with E-state index in [2.05, 4.69) is 24.9 Å². The zero-order valence-electron chi connectivity index (χ0n) is 13.9. The van der Waals surface area contributed by atoms with Crippen LogP contribution in [0.5, 0.6) is 0 Å². The van der Waals surface area contributed by atoms with Gasteiger partial charge in [0.05, 0.1) is 5.92 Å². The lowest BCUT2D eigenvalue weighted by Gasteiger charge is -2.20. The van der Waals surface area contributed by atoms with Gasteiger partial charge in [-0.05, 0) is 0 Å². The lowest BCUT2D eigenvalue weighted by Crippen LogP contribution is -2.36. The van der Waals surface area contributed by atoms with E-state index >= 15 is 0 Å². The Hall–Kier alpha value is -2.40. The van der Waals surface area contributed by atoms with Crippen molar-refractivity contribution in [3.05, 3.63) is 17.2 Å². The Morgan fingerprint density at radius 2 is 2.36 bits per heavy atom. The van der Waals surface area contributed by atoms with Crippen molar-refractivity contribution >= 4 is 28.3 Å². The van der Waals surface area contributed by atoms with E-state index in [0.29, 0.717) is 42.1 Å². The average molecular weight is 366 g/mol. The summed E-state index contributed by atoms with van der Waals surface area (Å²) < 4.78 is 9.67. The lowest BCUT2D eigenvalue weighted by molar-refractivity contribution is -0.134. The molecule has 1 saturated heterocycles. The molecule has 2 aromatic rings. The largest absolute Gasteiger partial charge is 0.377 e. The second-order valence-corrected chi connectivity index (χ2v) is 6.71. The topological polar surface area (TPSA) is 115 Å². The Morgan fingerprint density at radius 3 is 3.08 bits per heavy atom. The first-order chi connectivity index (χ1) is 12.1. The van der Waals surface area contributed by atoms with Crippen molar-refractivity contribution in [2.75, 3.05) is 32.1 Å². The van der Waals surface area contributed by atoms with Crippen LogP contribution in [-0.4, -0.2) is 64.3 Å². The van der Waals surface area contributed by atoms with Crippen molar-refractivity contribution in [1.29, 1.82) is 0 Å². The Morgan fingerprint density at radius 1 is 1.52 bits per heavy atom. The predicted molar refractivity (Wildman–Crippen MR) is 86.7 cm³/mol. The van der Waals surface area contributed by atoms with E-state index in [4.69, 9.17) is 4.74 Å². The van der Waals surface area contributed by atoms with Crippen LogP contribution in [0.3, 0.4) is 0 Å². The van der Waals surface area contributed by atoms with Crippen LogP contribution >= 0.6 is 11.3 Å². The molecule has 1 atom stereocenters. The highest BCUT2D eigenvalue weighted by Gasteiger charge is 2.37. The summed E-state index contributed by atoms with van der Waals surface area (Å²) >= 11 is 1.30. The first-order valence-electron chi connectivity index (χ1n) is 7.70. The number of aromatic nitrogens is 4. The molecule has 0 bridgehead atoms. The molecule has 2 aromatic heterocycles. The molecule has 0 aliphatic carbocycles. The second-order valence-electron chi connectivity index (χ2n) is 5.67. The predicted octanol–water partition coefficient (Wildman–Crippen LogP) is 0.121. The van der Waals surface area contributed by atoms with Gasteiger partial charge in [0.25, 0.3) is 0 Å². The van der Waals surface area contributed by atoms with Crippen LogP contribution < -0.4 is 4.90 Å². The molecule has 3 rings (SSSR count). The SMILES string of the molecule is COCc1nnc(N2CC(C(=O)N(C)CCc3ncon3)CC2=O)s1. The Balaban J connectivity index is 1.57. The van der Waals surface area contributed by atoms with Crippen molar-refractivity contribution in [2.45, 2.75) is 19.4 Å². The van der Waals surface area contributed by atoms with Gasteiger partial charge in [0.1, 0.15) is 11.6 Å². The lowest BCUT2D eigenvalue weighted by atomic mass is 10.1. The van der Waals surface area contributed by atoms with Crippen molar-refractivity contribution in [1.82, 2.24) is 25.2 Å². The number of amides is 2. The maximum absolute atomic E-state index is 12.6. The number of anilines is 1.